The van der Waals surface area contributed by atoms with Gasteiger partial charge in [-0.25, -0.2) is 0 Å². The minimum Gasteiger partial charge on any atom is -0.493 e. The Morgan fingerprint density at radius 3 is 2.43 bits per heavy atom. The van der Waals surface area contributed by atoms with Crippen LogP contribution < -0.4 is 14.8 Å². The average Bonchev–Trinajstić information content (AvgIpc) is 2.55. The molecular weight excluding hydrogens is 264 g/mol. The van der Waals surface area contributed by atoms with Gasteiger partial charge in [-0.1, -0.05) is 18.2 Å². The summed E-state index contributed by atoms with van der Waals surface area (Å²) in [4.78, 5) is 4.61. The van der Waals surface area contributed by atoms with E-state index < -0.39 is 0 Å². The SMILES string of the molecule is COc1cc2c(cc1OC)C(Nc1ccccc1)=NCC2. The molecule has 0 saturated carbocycles. The van der Waals surface area contributed by atoms with Crippen LogP contribution in [0.3, 0.4) is 0 Å². The number of fused-ring (bicyclic) bond motifs is 1. The molecule has 0 unspecified atom stereocenters. The van der Waals surface area contributed by atoms with Crippen LogP contribution >= 0.6 is 0 Å². The molecule has 0 fully saturated rings. The number of benzene rings is 2. The average molecular weight is 282 g/mol. The molecule has 4 heteroatoms. The van der Waals surface area contributed by atoms with Crippen LogP contribution in [0.15, 0.2) is 47.5 Å². The van der Waals surface area contributed by atoms with Crippen LogP contribution in [0.4, 0.5) is 5.69 Å². The third-order valence-corrected chi connectivity index (χ3v) is 3.55. The van der Waals surface area contributed by atoms with Gasteiger partial charge < -0.3 is 14.8 Å². The standard InChI is InChI=1S/C17H18N2O2/c1-20-15-10-12-8-9-18-17(14(12)11-16(15)21-2)19-13-6-4-3-5-7-13/h3-7,10-11H,8-9H2,1-2H3,(H,18,19). The van der Waals surface area contributed by atoms with Gasteiger partial charge >= 0.3 is 0 Å². The van der Waals surface area contributed by atoms with Crippen molar-refractivity contribution < 1.29 is 9.47 Å². The quantitative estimate of drug-likeness (QED) is 0.940. The largest absolute Gasteiger partial charge is 0.493 e. The highest BCUT2D eigenvalue weighted by Crippen LogP contribution is 2.32. The molecule has 0 bridgehead atoms. The molecule has 3 rings (SSSR count). The molecule has 1 aliphatic heterocycles. The summed E-state index contributed by atoms with van der Waals surface area (Å²) in [6.45, 7) is 0.775. The van der Waals surface area contributed by atoms with Crippen LogP contribution in [0.2, 0.25) is 0 Å². The maximum atomic E-state index is 5.39. The van der Waals surface area contributed by atoms with Crippen molar-refractivity contribution in [1.29, 1.82) is 0 Å². The smallest absolute Gasteiger partial charge is 0.161 e. The van der Waals surface area contributed by atoms with Gasteiger partial charge in [-0.2, -0.15) is 0 Å². The van der Waals surface area contributed by atoms with Gasteiger partial charge in [-0.05, 0) is 36.2 Å². The van der Waals surface area contributed by atoms with Crippen LogP contribution in [0.1, 0.15) is 11.1 Å². The Hall–Kier alpha value is -2.49. The van der Waals surface area contributed by atoms with Crippen molar-refractivity contribution in [2.24, 2.45) is 4.99 Å². The second-order valence-corrected chi connectivity index (χ2v) is 4.84. The Bertz CT molecular complexity index is 666. The third-order valence-electron chi connectivity index (χ3n) is 3.55. The molecular formula is C17H18N2O2. The number of nitrogens with zero attached hydrogens (tertiary/aromatic N) is 1. The highest BCUT2D eigenvalue weighted by atomic mass is 16.5. The summed E-state index contributed by atoms with van der Waals surface area (Å²) < 4.78 is 10.8. The topological polar surface area (TPSA) is 42.9 Å². The van der Waals surface area contributed by atoms with E-state index in [1.54, 1.807) is 14.2 Å². The Morgan fingerprint density at radius 1 is 1.00 bits per heavy atom. The van der Waals surface area contributed by atoms with E-state index in [0.717, 1.165) is 41.6 Å². The Morgan fingerprint density at radius 2 is 1.71 bits per heavy atom. The van der Waals surface area contributed by atoms with Gasteiger partial charge in [0, 0.05) is 17.8 Å². The molecule has 108 valence electrons. The minimum absolute atomic E-state index is 0.723. The monoisotopic (exact) mass is 282 g/mol. The molecule has 0 amide bonds. The summed E-state index contributed by atoms with van der Waals surface area (Å²) in [5, 5.41) is 3.38. The highest BCUT2D eigenvalue weighted by Gasteiger charge is 2.18. The van der Waals surface area contributed by atoms with Gasteiger partial charge in [0.15, 0.2) is 11.5 Å². The highest BCUT2D eigenvalue weighted by molar-refractivity contribution is 6.10. The fourth-order valence-corrected chi connectivity index (χ4v) is 2.49. The van der Waals surface area contributed by atoms with Crippen LogP contribution in [0.5, 0.6) is 11.5 Å². The van der Waals surface area contributed by atoms with E-state index in [1.165, 1.54) is 5.56 Å². The number of anilines is 1. The van der Waals surface area contributed by atoms with Crippen molar-refractivity contribution in [3.8, 4) is 11.5 Å². The Labute approximate surface area is 124 Å². The van der Waals surface area contributed by atoms with Crippen LogP contribution in [0, 0.1) is 0 Å². The number of amidine groups is 1. The molecule has 1 N–H and O–H groups in total. The molecule has 2 aromatic rings. The minimum atomic E-state index is 0.723. The first-order chi connectivity index (χ1) is 10.3. The molecule has 0 saturated heterocycles. The predicted octanol–water partition coefficient (Wildman–Crippen LogP) is 3.12. The molecule has 0 aliphatic carbocycles. The predicted molar refractivity (Wildman–Crippen MR) is 84.7 cm³/mol. The first-order valence-electron chi connectivity index (χ1n) is 6.93. The zero-order valence-corrected chi connectivity index (χ0v) is 12.2. The van der Waals surface area contributed by atoms with Crippen molar-refractivity contribution in [3.05, 3.63) is 53.6 Å². The summed E-state index contributed by atoms with van der Waals surface area (Å²) in [6.07, 6.45) is 0.912. The van der Waals surface area contributed by atoms with Gasteiger partial charge in [0.2, 0.25) is 0 Å². The van der Waals surface area contributed by atoms with E-state index in [1.807, 2.05) is 42.5 Å². The maximum absolute atomic E-state index is 5.39. The molecule has 2 aromatic carbocycles. The zero-order valence-electron chi connectivity index (χ0n) is 12.2. The van der Waals surface area contributed by atoms with Crippen molar-refractivity contribution in [3.63, 3.8) is 0 Å². The fourth-order valence-electron chi connectivity index (χ4n) is 2.49. The number of ether oxygens (including phenoxy) is 2. The van der Waals surface area contributed by atoms with E-state index in [0.29, 0.717) is 0 Å². The lowest BCUT2D eigenvalue weighted by Gasteiger charge is -2.20. The molecule has 0 spiro atoms. The zero-order chi connectivity index (χ0) is 14.7. The molecule has 0 atom stereocenters. The number of hydrogen-bond acceptors (Lipinski definition) is 4. The fraction of sp³-hybridized carbons (Fsp3) is 0.235. The summed E-state index contributed by atoms with van der Waals surface area (Å²) in [7, 11) is 3.30. The first-order valence-corrected chi connectivity index (χ1v) is 6.93. The van der Waals surface area contributed by atoms with Crippen LogP contribution in [0.25, 0.3) is 0 Å². The van der Waals surface area contributed by atoms with Crippen molar-refractivity contribution in [2.75, 3.05) is 26.1 Å². The number of nitrogens with one attached hydrogen (secondary N) is 1. The van der Waals surface area contributed by atoms with E-state index in [4.69, 9.17) is 9.47 Å². The van der Waals surface area contributed by atoms with Gasteiger partial charge in [-0.3, -0.25) is 4.99 Å². The van der Waals surface area contributed by atoms with Crippen molar-refractivity contribution in [1.82, 2.24) is 0 Å². The van der Waals surface area contributed by atoms with Crippen molar-refractivity contribution >= 4 is 11.5 Å². The van der Waals surface area contributed by atoms with Gasteiger partial charge in [-0.15, -0.1) is 0 Å². The first kappa shape index (κ1) is 13.5. The molecule has 0 aromatic heterocycles. The Balaban J connectivity index is 1.97. The van der Waals surface area contributed by atoms with Crippen LogP contribution in [-0.2, 0) is 6.42 Å². The number of methoxy groups -OCH3 is 2. The number of para-hydroxylation sites is 1. The summed E-state index contributed by atoms with van der Waals surface area (Å²) >= 11 is 0. The van der Waals surface area contributed by atoms with Crippen molar-refractivity contribution in [2.45, 2.75) is 6.42 Å². The number of rotatable bonds is 3. The van der Waals surface area contributed by atoms with E-state index >= 15 is 0 Å². The lowest BCUT2D eigenvalue weighted by Crippen LogP contribution is -2.21. The van der Waals surface area contributed by atoms with Gasteiger partial charge in [0.1, 0.15) is 5.84 Å². The number of aliphatic imine (C=N–C) groups is 1. The molecule has 1 aliphatic rings. The molecule has 21 heavy (non-hydrogen) atoms. The number of hydrogen-bond donors (Lipinski definition) is 1. The molecule has 1 heterocycles. The normalized spacial score (nSPS) is 13.1. The molecule has 0 radical (unpaired) electrons. The van der Waals surface area contributed by atoms with Gasteiger partial charge in [0.05, 0.1) is 14.2 Å². The summed E-state index contributed by atoms with van der Waals surface area (Å²) in [5.41, 5.74) is 3.32. The Kier molecular flexibility index (Phi) is 3.77. The summed E-state index contributed by atoms with van der Waals surface area (Å²) in [5.74, 6) is 2.36. The summed E-state index contributed by atoms with van der Waals surface area (Å²) in [6, 6.07) is 14.1. The lowest BCUT2D eigenvalue weighted by atomic mass is 9.99. The maximum Gasteiger partial charge on any atom is 0.161 e. The van der Waals surface area contributed by atoms with E-state index in [-0.39, 0.29) is 0 Å². The van der Waals surface area contributed by atoms with Gasteiger partial charge in [0.25, 0.3) is 0 Å². The lowest BCUT2D eigenvalue weighted by molar-refractivity contribution is 0.354. The van der Waals surface area contributed by atoms with E-state index in [2.05, 4.69) is 10.3 Å². The second kappa shape index (κ2) is 5.87. The van der Waals surface area contributed by atoms with Crippen LogP contribution in [-0.4, -0.2) is 26.6 Å². The van der Waals surface area contributed by atoms with E-state index in [9.17, 15) is 0 Å². The third kappa shape index (κ3) is 2.70. The second-order valence-electron chi connectivity index (χ2n) is 4.84. The molecule has 4 nitrogen and oxygen atoms in total.